The van der Waals surface area contributed by atoms with E-state index in [1.165, 1.54) is 38.5 Å². The maximum Gasteiger partial charge on any atom is 0.222 e. The Balaban J connectivity index is 1.91. The molecule has 0 radical (unpaired) electrons. The minimum absolute atomic E-state index is 0.266. The zero-order valence-corrected chi connectivity index (χ0v) is 10.9. The molecule has 1 aliphatic carbocycles. The van der Waals surface area contributed by atoms with E-state index in [1.54, 1.807) is 6.92 Å². The molecular weight excluding hydrogens is 214 g/mol. The first kappa shape index (κ1) is 12.9. The molecule has 0 spiro atoms. The van der Waals surface area contributed by atoms with Gasteiger partial charge in [-0.05, 0) is 44.9 Å². The van der Waals surface area contributed by atoms with E-state index < -0.39 is 0 Å². The van der Waals surface area contributed by atoms with Crippen LogP contribution in [0.1, 0.15) is 58.3 Å². The van der Waals surface area contributed by atoms with Gasteiger partial charge >= 0.3 is 0 Å². The molecule has 3 heteroatoms. The Morgan fingerprint density at radius 3 is 2.76 bits per heavy atom. The third-order valence-electron chi connectivity index (χ3n) is 4.34. The number of rotatable bonds is 3. The van der Waals surface area contributed by atoms with Crippen molar-refractivity contribution in [3.63, 3.8) is 0 Å². The summed E-state index contributed by atoms with van der Waals surface area (Å²) >= 11 is 0. The molecule has 2 aliphatic rings. The fraction of sp³-hybridized carbons (Fsp3) is 0.929. The summed E-state index contributed by atoms with van der Waals surface area (Å²) in [6, 6.07) is 0.513. The first-order valence-corrected chi connectivity index (χ1v) is 7.16. The zero-order chi connectivity index (χ0) is 12.3. The first-order chi connectivity index (χ1) is 8.18. The van der Waals surface area contributed by atoms with Crippen LogP contribution in [0.5, 0.6) is 0 Å². The van der Waals surface area contributed by atoms with E-state index in [-0.39, 0.29) is 12.0 Å². The number of aliphatic hydroxyl groups excluding tert-OH is 1. The number of hydrogen-bond acceptors (Lipinski definition) is 2. The Morgan fingerprint density at radius 2 is 2.00 bits per heavy atom. The third-order valence-corrected chi connectivity index (χ3v) is 4.34. The molecule has 0 bridgehead atoms. The largest absolute Gasteiger partial charge is 0.393 e. The van der Waals surface area contributed by atoms with Gasteiger partial charge in [0.2, 0.25) is 5.91 Å². The molecule has 1 unspecified atom stereocenters. The van der Waals surface area contributed by atoms with Crippen molar-refractivity contribution in [2.75, 3.05) is 6.54 Å². The summed E-state index contributed by atoms with van der Waals surface area (Å²) in [4.78, 5) is 14.3. The highest BCUT2D eigenvalue weighted by Gasteiger charge is 2.35. The van der Waals surface area contributed by atoms with Gasteiger partial charge in [0, 0.05) is 19.0 Å². The Morgan fingerprint density at radius 1 is 1.29 bits per heavy atom. The number of fused-ring (bicyclic) bond motifs is 1. The summed E-state index contributed by atoms with van der Waals surface area (Å²) in [6.07, 6.45) is 8.37. The molecule has 2 fully saturated rings. The van der Waals surface area contributed by atoms with Crippen molar-refractivity contribution < 1.29 is 9.90 Å². The van der Waals surface area contributed by atoms with Crippen molar-refractivity contribution in [2.45, 2.75) is 70.4 Å². The van der Waals surface area contributed by atoms with Gasteiger partial charge in [0.05, 0.1) is 6.10 Å². The van der Waals surface area contributed by atoms with Gasteiger partial charge in [-0.1, -0.05) is 12.8 Å². The number of carbonyl (C=O) groups excluding carboxylic acids is 1. The van der Waals surface area contributed by atoms with Crippen LogP contribution in [-0.2, 0) is 4.79 Å². The maximum absolute atomic E-state index is 12.2. The fourth-order valence-corrected chi connectivity index (χ4v) is 3.41. The van der Waals surface area contributed by atoms with E-state index in [0.717, 1.165) is 12.5 Å². The molecule has 0 aromatic carbocycles. The van der Waals surface area contributed by atoms with E-state index in [0.29, 0.717) is 18.9 Å². The first-order valence-electron chi connectivity index (χ1n) is 7.16. The van der Waals surface area contributed by atoms with Gasteiger partial charge in [0.1, 0.15) is 0 Å². The molecule has 17 heavy (non-hydrogen) atoms. The van der Waals surface area contributed by atoms with Gasteiger partial charge in [-0.2, -0.15) is 0 Å². The van der Waals surface area contributed by atoms with Crippen LogP contribution >= 0.6 is 0 Å². The van der Waals surface area contributed by atoms with Crippen LogP contribution in [0.2, 0.25) is 0 Å². The Labute approximate surface area is 104 Å². The lowest BCUT2D eigenvalue weighted by molar-refractivity contribution is -0.138. The molecule has 1 aliphatic heterocycles. The van der Waals surface area contributed by atoms with Crippen molar-refractivity contribution in [2.24, 2.45) is 5.92 Å². The molecule has 98 valence electrons. The van der Waals surface area contributed by atoms with Crippen LogP contribution in [0.4, 0.5) is 0 Å². The standard InChI is InChI=1S/C14H25NO2/c1-11(16)8-9-14(17)15-10-4-6-12-5-2-3-7-13(12)15/h11-13,16H,2-10H2,1H3/t11?,12-,13-/m1/s1. The second-order valence-electron chi connectivity index (χ2n) is 5.73. The van der Waals surface area contributed by atoms with Crippen molar-refractivity contribution in [3.8, 4) is 0 Å². The summed E-state index contributed by atoms with van der Waals surface area (Å²) in [5, 5.41) is 9.26. The van der Waals surface area contributed by atoms with Crippen LogP contribution in [0.25, 0.3) is 0 Å². The normalized spacial score (nSPS) is 30.8. The minimum atomic E-state index is -0.356. The zero-order valence-electron chi connectivity index (χ0n) is 10.9. The van der Waals surface area contributed by atoms with Crippen molar-refractivity contribution in [1.82, 2.24) is 4.90 Å². The summed E-state index contributed by atoms with van der Waals surface area (Å²) < 4.78 is 0. The minimum Gasteiger partial charge on any atom is -0.393 e. The molecule has 1 saturated heterocycles. The van der Waals surface area contributed by atoms with E-state index in [1.807, 2.05) is 0 Å². The number of piperidine rings is 1. The second kappa shape index (κ2) is 5.85. The molecule has 0 aromatic heterocycles. The molecular formula is C14H25NO2. The van der Waals surface area contributed by atoms with Gasteiger partial charge in [0.15, 0.2) is 0 Å². The Bertz CT molecular complexity index is 263. The maximum atomic E-state index is 12.2. The highest BCUT2D eigenvalue weighted by Crippen LogP contribution is 2.35. The lowest BCUT2D eigenvalue weighted by Crippen LogP contribution is -2.49. The molecule has 3 atom stereocenters. The van der Waals surface area contributed by atoms with Crippen molar-refractivity contribution in [3.05, 3.63) is 0 Å². The topological polar surface area (TPSA) is 40.5 Å². The van der Waals surface area contributed by atoms with E-state index in [4.69, 9.17) is 0 Å². The summed E-state index contributed by atoms with van der Waals surface area (Å²) in [6.45, 7) is 2.70. The average molecular weight is 239 g/mol. The van der Waals surface area contributed by atoms with Gasteiger partial charge in [-0.25, -0.2) is 0 Å². The molecule has 1 N–H and O–H groups in total. The van der Waals surface area contributed by atoms with Gasteiger partial charge in [-0.3, -0.25) is 4.79 Å². The second-order valence-corrected chi connectivity index (χ2v) is 5.73. The average Bonchev–Trinajstić information content (AvgIpc) is 2.35. The molecule has 2 rings (SSSR count). The number of carbonyl (C=O) groups is 1. The number of nitrogens with zero attached hydrogens (tertiary/aromatic N) is 1. The third kappa shape index (κ3) is 3.21. The van der Waals surface area contributed by atoms with Gasteiger partial charge in [-0.15, -0.1) is 0 Å². The summed E-state index contributed by atoms with van der Waals surface area (Å²) in [5.41, 5.74) is 0. The Kier molecular flexibility index (Phi) is 4.43. The predicted molar refractivity (Wildman–Crippen MR) is 67.6 cm³/mol. The van der Waals surface area contributed by atoms with Crippen LogP contribution < -0.4 is 0 Å². The van der Waals surface area contributed by atoms with Crippen molar-refractivity contribution in [1.29, 1.82) is 0 Å². The molecule has 0 aromatic rings. The summed E-state index contributed by atoms with van der Waals surface area (Å²) in [5.74, 6) is 1.02. The monoisotopic (exact) mass is 239 g/mol. The lowest BCUT2D eigenvalue weighted by atomic mass is 9.78. The van der Waals surface area contributed by atoms with Crippen LogP contribution in [0.15, 0.2) is 0 Å². The van der Waals surface area contributed by atoms with Crippen LogP contribution in [0.3, 0.4) is 0 Å². The molecule has 1 saturated carbocycles. The molecule has 1 amide bonds. The van der Waals surface area contributed by atoms with E-state index in [9.17, 15) is 9.90 Å². The Hall–Kier alpha value is -0.570. The quantitative estimate of drug-likeness (QED) is 0.821. The predicted octanol–water partition coefficient (Wildman–Crippen LogP) is 2.33. The number of hydrogen-bond donors (Lipinski definition) is 1. The highest BCUT2D eigenvalue weighted by atomic mass is 16.3. The number of amides is 1. The fourth-order valence-electron chi connectivity index (χ4n) is 3.41. The summed E-state index contributed by atoms with van der Waals surface area (Å²) in [7, 11) is 0. The highest BCUT2D eigenvalue weighted by molar-refractivity contribution is 5.76. The van der Waals surface area contributed by atoms with Gasteiger partial charge in [0.25, 0.3) is 0 Å². The molecule has 3 nitrogen and oxygen atoms in total. The molecule has 1 heterocycles. The number of aliphatic hydroxyl groups is 1. The van der Waals surface area contributed by atoms with E-state index >= 15 is 0 Å². The smallest absolute Gasteiger partial charge is 0.222 e. The van der Waals surface area contributed by atoms with Crippen molar-refractivity contribution >= 4 is 5.91 Å². The van der Waals surface area contributed by atoms with E-state index in [2.05, 4.69) is 4.90 Å². The van der Waals surface area contributed by atoms with Crippen LogP contribution in [-0.4, -0.2) is 34.6 Å². The van der Waals surface area contributed by atoms with Crippen LogP contribution in [0, 0.1) is 5.92 Å². The lowest BCUT2D eigenvalue weighted by Gasteiger charge is -2.44. The van der Waals surface area contributed by atoms with Gasteiger partial charge < -0.3 is 10.0 Å². The number of likely N-dealkylation sites (tertiary alicyclic amines) is 1. The SMILES string of the molecule is CC(O)CCC(=O)N1CCC[C@H]2CCCC[C@H]21.